The summed E-state index contributed by atoms with van der Waals surface area (Å²) >= 11 is 1.38. The zero-order valence-electron chi connectivity index (χ0n) is 15.2. The summed E-state index contributed by atoms with van der Waals surface area (Å²) < 4.78 is 1.59. The number of aryl methyl sites for hydroxylation is 1. The third-order valence-electron chi connectivity index (χ3n) is 4.52. The van der Waals surface area contributed by atoms with Crippen molar-refractivity contribution in [2.75, 3.05) is 19.6 Å². The van der Waals surface area contributed by atoms with Crippen LogP contribution in [0.3, 0.4) is 0 Å². The third kappa shape index (κ3) is 5.16. The van der Waals surface area contributed by atoms with Crippen LogP contribution < -0.4 is 10.6 Å². The van der Waals surface area contributed by atoms with Crippen LogP contribution in [0.2, 0.25) is 0 Å². The molecular weight excluding hydrogens is 366 g/mol. The Morgan fingerprint density at radius 1 is 1.26 bits per heavy atom. The van der Waals surface area contributed by atoms with Gasteiger partial charge < -0.3 is 15.5 Å². The van der Waals surface area contributed by atoms with Crippen molar-refractivity contribution in [2.24, 2.45) is 7.05 Å². The largest absolute Gasteiger partial charge is 0.351 e. The van der Waals surface area contributed by atoms with E-state index in [1.807, 2.05) is 11.4 Å². The highest BCUT2D eigenvalue weighted by Gasteiger charge is 2.24. The van der Waals surface area contributed by atoms with Gasteiger partial charge in [-0.3, -0.25) is 19.1 Å². The molecule has 1 fully saturated rings. The zero-order valence-corrected chi connectivity index (χ0v) is 16.0. The van der Waals surface area contributed by atoms with Gasteiger partial charge in [-0.15, -0.1) is 11.3 Å². The molecule has 3 heterocycles. The molecule has 1 aliphatic rings. The molecule has 3 rings (SSSR count). The summed E-state index contributed by atoms with van der Waals surface area (Å²) in [5.74, 6) is -0.252. The first-order valence-electron chi connectivity index (χ1n) is 8.92. The standard InChI is InChI=1S/C18H23N5O3S/c1-22-12-13(11-20-22)17(25)21-14-5-8-23(9-6-14)16(24)4-7-19-18(26)15-3-2-10-27-15/h2-3,10-12,14H,4-9H2,1H3,(H,19,26)(H,21,25). The van der Waals surface area contributed by atoms with Crippen LogP contribution >= 0.6 is 11.3 Å². The van der Waals surface area contributed by atoms with Gasteiger partial charge in [0.2, 0.25) is 5.91 Å². The van der Waals surface area contributed by atoms with Crippen LogP contribution in [0.15, 0.2) is 29.9 Å². The Labute approximate surface area is 161 Å². The average molecular weight is 389 g/mol. The first-order valence-corrected chi connectivity index (χ1v) is 9.80. The summed E-state index contributed by atoms with van der Waals surface area (Å²) in [7, 11) is 1.77. The van der Waals surface area contributed by atoms with Crippen LogP contribution in [0.25, 0.3) is 0 Å². The van der Waals surface area contributed by atoms with Crippen LogP contribution in [0.5, 0.6) is 0 Å². The zero-order chi connectivity index (χ0) is 19.2. The number of rotatable bonds is 6. The summed E-state index contributed by atoms with van der Waals surface area (Å²) in [6.07, 6.45) is 4.94. The van der Waals surface area contributed by atoms with Crippen LogP contribution in [-0.4, -0.2) is 58.1 Å². The second-order valence-corrected chi connectivity index (χ2v) is 7.46. The van der Waals surface area contributed by atoms with Gasteiger partial charge in [0.05, 0.1) is 16.6 Å². The van der Waals surface area contributed by atoms with E-state index < -0.39 is 0 Å². The lowest BCUT2D eigenvalue weighted by Crippen LogP contribution is -2.47. The fourth-order valence-corrected chi connectivity index (χ4v) is 3.66. The van der Waals surface area contributed by atoms with Crippen LogP contribution in [0.1, 0.15) is 39.3 Å². The Hall–Kier alpha value is -2.68. The molecule has 0 saturated carbocycles. The van der Waals surface area contributed by atoms with Crippen molar-refractivity contribution in [3.05, 3.63) is 40.3 Å². The fourth-order valence-electron chi connectivity index (χ4n) is 3.02. The molecule has 9 heteroatoms. The first kappa shape index (κ1) is 19.1. The highest BCUT2D eigenvalue weighted by molar-refractivity contribution is 7.12. The van der Waals surface area contributed by atoms with E-state index >= 15 is 0 Å². The quantitative estimate of drug-likeness (QED) is 0.771. The fraction of sp³-hybridized carbons (Fsp3) is 0.444. The lowest BCUT2D eigenvalue weighted by atomic mass is 10.0. The van der Waals surface area contributed by atoms with Crippen molar-refractivity contribution < 1.29 is 14.4 Å². The summed E-state index contributed by atoms with van der Waals surface area (Å²) in [4.78, 5) is 38.8. The van der Waals surface area contributed by atoms with E-state index in [1.54, 1.807) is 35.1 Å². The highest BCUT2D eigenvalue weighted by Crippen LogP contribution is 2.13. The van der Waals surface area contributed by atoms with Gasteiger partial charge in [-0.25, -0.2) is 0 Å². The lowest BCUT2D eigenvalue weighted by Gasteiger charge is -2.32. The molecule has 1 saturated heterocycles. The maximum absolute atomic E-state index is 12.3. The normalized spacial score (nSPS) is 14.8. The van der Waals surface area contributed by atoms with Gasteiger partial charge in [-0.05, 0) is 24.3 Å². The molecule has 144 valence electrons. The van der Waals surface area contributed by atoms with E-state index in [1.165, 1.54) is 11.3 Å². The number of piperidine rings is 1. The maximum atomic E-state index is 12.3. The van der Waals surface area contributed by atoms with Gasteiger partial charge in [-0.1, -0.05) is 6.07 Å². The minimum absolute atomic E-state index is 0.0264. The summed E-state index contributed by atoms with van der Waals surface area (Å²) in [5.41, 5.74) is 0.539. The van der Waals surface area contributed by atoms with Gasteiger partial charge in [0, 0.05) is 45.3 Å². The van der Waals surface area contributed by atoms with Crippen molar-refractivity contribution in [2.45, 2.75) is 25.3 Å². The lowest BCUT2D eigenvalue weighted by molar-refractivity contribution is -0.132. The number of carbonyl (C=O) groups excluding carboxylic acids is 3. The Balaban J connectivity index is 1.36. The average Bonchev–Trinajstić information content (AvgIpc) is 3.34. The molecule has 0 spiro atoms. The SMILES string of the molecule is Cn1cc(C(=O)NC2CCN(C(=O)CCNC(=O)c3cccs3)CC2)cn1. The van der Waals surface area contributed by atoms with E-state index in [0.29, 0.717) is 30.1 Å². The van der Waals surface area contributed by atoms with Crippen LogP contribution in [-0.2, 0) is 11.8 Å². The predicted octanol–water partition coefficient (Wildman–Crippen LogP) is 1.02. The summed E-state index contributed by atoms with van der Waals surface area (Å²) in [6, 6.07) is 3.63. The maximum Gasteiger partial charge on any atom is 0.261 e. The number of nitrogens with one attached hydrogen (secondary N) is 2. The van der Waals surface area contributed by atoms with Gasteiger partial charge in [-0.2, -0.15) is 5.10 Å². The van der Waals surface area contributed by atoms with Crippen molar-refractivity contribution in [3.63, 3.8) is 0 Å². The van der Waals surface area contributed by atoms with Crippen molar-refractivity contribution in [1.29, 1.82) is 0 Å². The topological polar surface area (TPSA) is 96.3 Å². The molecule has 0 bridgehead atoms. The minimum atomic E-state index is -0.144. The molecule has 0 aliphatic carbocycles. The van der Waals surface area contributed by atoms with Crippen molar-refractivity contribution in [1.82, 2.24) is 25.3 Å². The molecular formula is C18H23N5O3S. The molecule has 0 aromatic carbocycles. The molecule has 2 N–H and O–H groups in total. The monoisotopic (exact) mass is 389 g/mol. The molecule has 2 aromatic rings. The number of likely N-dealkylation sites (tertiary alicyclic amines) is 1. The number of thiophene rings is 1. The second kappa shape index (κ2) is 8.81. The van der Waals surface area contributed by atoms with Gasteiger partial charge in [0.15, 0.2) is 0 Å². The van der Waals surface area contributed by atoms with E-state index in [-0.39, 0.29) is 30.2 Å². The Kier molecular flexibility index (Phi) is 6.23. The molecule has 0 atom stereocenters. The Morgan fingerprint density at radius 2 is 2.04 bits per heavy atom. The number of nitrogens with zero attached hydrogens (tertiary/aromatic N) is 3. The highest BCUT2D eigenvalue weighted by atomic mass is 32.1. The van der Waals surface area contributed by atoms with E-state index in [4.69, 9.17) is 0 Å². The summed E-state index contributed by atoms with van der Waals surface area (Å²) in [5, 5.41) is 11.6. The molecule has 0 radical (unpaired) electrons. The molecule has 8 nitrogen and oxygen atoms in total. The number of hydrogen-bond acceptors (Lipinski definition) is 5. The second-order valence-electron chi connectivity index (χ2n) is 6.51. The predicted molar refractivity (Wildman–Crippen MR) is 102 cm³/mol. The van der Waals surface area contributed by atoms with Gasteiger partial charge >= 0.3 is 0 Å². The van der Waals surface area contributed by atoms with Crippen molar-refractivity contribution >= 4 is 29.1 Å². The van der Waals surface area contributed by atoms with Crippen molar-refractivity contribution in [3.8, 4) is 0 Å². The number of hydrogen-bond donors (Lipinski definition) is 2. The first-order chi connectivity index (χ1) is 13.0. The van der Waals surface area contributed by atoms with E-state index in [9.17, 15) is 14.4 Å². The Morgan fingerprint density at radius 3 is 2.67 bits per heavy atom. The third-order valence-corrected chi connectivity index (χ3v) is 5.39. The van der Waals surface area contributed by atoms with Crippen LogP contribution in [0.4, 0.5) is 0 Å². The number of amides is 3. The number of carbonyl (C=O) groups is 3. The molecule has 27 heavy (non-hydrogen) atoms. The van der Waals surface area contributed by atoms with Crippen LogP contribution in [0, 0.1) is 0 Å². The number of aromatic nitrogens is 2. The minimum Gasteiger partial charge on any atom is -0.351 e. The van der Waals surface area contributed by atoms with E-state index in [0.717, 1.165) is 12.8 Å². The summed E-state index contributed by atoms with van der Waals surface area (Å²) in [6.45, 7) is 1.54. The molecule has 2 aromatic heterocycles. The van der Waals surface area contributed by atoms with Gasteiger partial charge in [0.25, 0.3) is 11.8 Å². The smallest absolute Gasteiger partial charge is 0.261 e. The molecule has 3 amide bonds. The van der Waals surface area contributed by atoms with E-state index in [2.05, 4.69) is 15.7 Å². The molecule has 1 aliphatic heterocycles. The van der Waals surface area contributed by atoms with Gasteiger partial charge in [0.1, 0.15) is 0 Å². The molecule has 0 unspecified atom stereocenters. The Bertz CT molecular complexity index is 794.